The first kappa shape index (κ1) is 7.45. The monoisotopic (exact) mass is 140 g/mol. The van der Waals surface area contributed by atoms with Gasteiger partial charge in [-0.25, -0.2) is 0 Å². The van der Waals surface area contributed by atoms with Crippen LogP contribution in [0.2, 0.25) is 0 Å². The molecule has 58 valence electrons. The molecule has 0 radical (unpaired) electrons. The third-order valence-corrected chi connectivity index (χ3v) is 2.70. The van der Waals surface area contributed by atoms with Gasteiger partial charge >= 0.3 is 0 Å². The molecule has 0 aromatic rings. The zero-order chi connectivity index (χ0) is 7.89. The fourth-order valence-electron chi connectivity index (χ4n) is 1.33. The topological polar surface area (TPSA) is 6.48 Å². The molecule has 1 heterocycles. The average molecular weight is 140 g/mol. The Morgan fingerprint density at radius 3 is 1.40 bits per heavy atom. The average Bonchev–Trinajstić information content (AvgIpc) is 2.07. The number of hydrogen-bond donors (Lipinski definition) is 0. The number of allylic oxidation sites excluding steroid dienone is 2. The highest BCUT2D eigenvalue weighted by Crippen LogP contribution is 2.24. The summed E-state index contributed by atoms with van der Waals surface area (Å²) >= 11 is 0. The van der Waals surface area contributed by atoms with Crippen LogP contribution < -0.4 is 0 Å². The lowest BCUT2D eigenvalue weighted by Gasteiger charge is -2.25. The Morgan fingerprint density at radius 2 is 1.30 bits per heavy atom. The third-order valence-electron chi connectivity index (χ3n) is 2.70. The van der Waals surface area contributed by atoms with E-state index in [1.54, 1.807) is 0 Å². The van der Waals surface area contributed by atoms with E-state index >= 15 is 0 Å². The van der Waals surface area contributed by atoms with Crippen molar-refractivity contribution >= 4 is 0 Å². The Morgan fingerprint density at radius 1 is 1.00 bits per heavy atom. The summed E-state index contributed by atoms with van der Waals surface area (Å²) in [5, 5.41) is 0. The van der Waals surface area contributed by atoms with Crippen LogP contribution in [0.25, 0.3) is 0 Å². The lowest BCUT2D eigenvalue weighted by Crippen LogP contribution is -2.32. The second-order valence-corrected chi connectivity index (χ2v) is 3.02. The van der Waals surface area contributed by atoms with Gasteiger partial charge in [0.2, 0.25) is 0 Å². The summed E-state index contributed by atoms with van der Waals surface area (Å²) in [7, 11) is 4.26. The maximum Gasteiger partial charge on any atom is 0.0976 e. The Kier molecular flexibility index (Phi) is 1.63. The molecule has 2 heteroatoms. The summed E-state index contributed by atoms with van der Waals surface area (Å²) in [5.41, 5.74) is 2.77. The molecule has 0 aromatic heterocycles. The normalized spacial score (nSPS) is 21.3. The van der Waals surface area contributed by atoms with Gasteiger partial charge in [0.05, 0.1) is 6.17 Å². The highest BCUT2D eigenvalue weighted by molar-refractivity contribution is 5.14. The van der Waals surface area contributed by atoms with Gasteiger partial charge in [-0.2, -0.15) is 0 Å². The Bertz CT molecular complexity index is 154. The fraction of sp³-hybridized carbons (Fsp3) is 0.750. The molecule has 0 bridgehead atoms. The van der Waals surface area contributed by atoms with Gasteiger partial charge in [-0.15, -0.1) is 0 Å². The van der Waals surface area contributed by atoms with Crippen molar-refractivity contribution in [2.45, 2.75) is 26.9 Å². The van der Waals surface area contributed by atoms with E-state index in [9.17, 15) is 0 Å². The van der Waals surface area contributed by atoms with E-state index < -0.39 is 0 Å². The quantitative estimate of drug-likeness (QED) is 0.502. The second kappa shape index (κ2) is 2.19. The van der Waals surface area contributed by atoms with Crippen LogP contribution in [-0.4, -0.2) is 30.1 Å². The van der Waals surface area contributed by atoms with E-state index in [0.717, 1.165) is 0 Å². The van der Waals surface area contributed by atoms with Crippen LogP contribution in [0.1, 0.15) is 20.8 Å². The Balaban J connectivity index is 2.88. The van der Waals surface area contributed by atoms with Crippen molar-refractivity contribution in [1.82, 2.24) is 9.80 Å². The van der Waals surface area contributed by atoms with Crippen LogP contribution in [0.15, 0.2) is 11.4 Å². The van der Waals surface area contributed by atoms with Crippen molar-refractivity contribution in [2.24, 2.45) is 0 Å². The van der Waals surface area contributed by atoms with Gasteiger partial charge in [0.1, 0.15) is 0 Å². The predicted molar refractivity (Wildman–Crippen MR) is 43.4 cm³/mol. The van der Waals surface area contributed by atoms with Crippen molar-refractivity contribution in [2.75, 3.05) is 14.1 Å². The zero-order valence-corrected chi connectivity index (χ0v) is 7.47. The van der Waals surface area contributed by atoms with E-state index in [-0.39, 0.29) is 0 Å². The molecule has 0 aromatic carbocycles. The van der Waals surface area contributed by atoms with Gasteiger partial charge < -0.3 is 9.80 Å². The first-order valence-electron chi connectivity index (χ1n) is 3.69. The highest BCUT2D eigenvalue weighted by atomic mass is 15.4. The molecule has 0 saturated carbocycles. The minimum Gasteiger partial charge on any atom is -0.357 e. The summed E-state index contributed by atoms with van der Waals surface area (Å²) in [6, 6.07) is 0. The summed E-state index contributed by atoms with van der Waals surface area (Å²) in [4.78, 5) is 4.57. The lowest BCUT2D eigenvalue weighted by atomic mass is 10.4. The van der Waals surface area contributed by atoms with E-state index in [4.69, 9.17) is 0 Å². The van der Waals surface area contributed by atoms with Crippen LogP contribution in [0.4, 0.5) is 0 Å². The molecule has 0 spiro atoms. The fourth-order valence-corrected chi connectivity index (χ4v) is 1.33. The van der Waals surface area contributed by atoms with Crippen molar-refractivity contribution in [3.05, 3.63) is 11.4 Å². The van der Waals surface area contributed by atoms with Crippen LogP contribution >= 0.6 is 0 Å². The van der Waals surface area contributed by atoms with Gasteiger partial charge in [-0.1, -0.05) is 0 Å². The lowest BCUT2D eigenvalue weighted by molar-refractivity contribution is 0.209. The first-order valence-corrected chi connectivity index (χ1v) is 3.69. The van der Waals surface area contributed by atoms with Gasteiger partial charge in [-0.3, -0.25) is 0 Å². The van der Waals surface area contributed by atoms with Crippen LogP contribution in [0, 0.1) is 0 Å². The van der Waals surface area contributed by atoms with E-state index in [1.165, 1.54) is 11.4 Å². The van der Waals surface area contributed by atoms with E-state index in [1.807, 2.05) is 0 Å². The summed E-state index contributed by atoms with van der Waals surface area (Å²) < 4.78 is 0. The molecule has 1 aliphatic heterocycles. The van der Waals surface area contributed by atoms with Crippen molar-refractivity contribution < 1.29 is 0 Å². The molecular weight excluding hydrogens is 124 g/mol. The molecular formula is C8H16N2. The molecule has 0 amide bonds. The molecule has 1 aliphatic rings. The highest BCUT2D eigenvalue weighted by Gasteiger charge is 2.24. The standard InChI is InChI=1S/C8H16N2/c1-6-7(2)10(5)8(3)9(6)4/h8H,1-5H3. The molecule has 0 atom stereocenters. The van der Waals surface area contributed by atoms with Crippen molar-refractivity contribution in [1.29, 1.82) is 0 Å². The van der Waals surface area contributed by atoms with Crippen LogP contribution in [-0.2, 0) is 0 Å². The van der Waals surface area contributed by atoms with Crippen molar-refractivity contribution in [3.63, 3.8) is 0 Å². The Labute approximate surface area is 63.1 Å². The van der Waals surface area contributed by atoms with E-state index in [0.29, 0.717) is 6.17 Å². The molecule has 10 heavy (non-hydrogen) atoms. The summed E-state index contributed by atoms with van der Waals surface area (Å²) in [6.07, 6.45) is 0.528. The molecule has 2 nitrogen and oxygen atoms in total. The Hall–Kier alpha value is -0.660. The maximum absolute atomic E-state index is 2.29. The van der Waals surface area contributed by atoms with Gasteiger partial charge in [0.25, 0.3) is 0 Å². The molecule has 0 aliphatic carbocycles. The number of nitrogens with zero attached hydrogens (tertiary/aromatic N) is 2. The van der Waals surface area contributed by atoms with Crippen LogP contribution in [0.5, 0.6) is 0 Å². The smallest absolute Gasteiger partial charge is 0.0976 e. The van der Waals surface area contributed by atoms with Crippen LogP contribution in [0.3, 0.4) is 0 Å². The van der Waals surface area contributed by atoms with Gasteiger partial charge in [0.15, 0.2) is 0 Å². The molecule has 0 unspecified atom stereocenters. The maximum atomic E-state index is 2.29. The molecule has 0 saturated heterocycles. The summed E-state index contributed by atoms with van der Waals surface area (Å²) in [6.45, 7) is 6.53. The van der Waals surface area contributed by atoms with Crippen molar-refractivity contribution in [3.8, 4) is 0 Å². The van der Waals surface area contributed by atoms with E-state index in [2.05, 4.69) is 44.7 Å². The predicted octanol–water partition coefficient (Wildman–Crippen LogP) is 1.46. The minimum atomic E-state index is 0.528. The molecule has 0 fully saturated rings. The largest absolute Gasteiger partial charge is 0.357 e. The second-order valence-electron chi connectivity index (χ2n) is 3.02. The molecule has 0 N–H and O–H groups in total. The number of hydrogen-bond acceptors (Lipinski definition) is 2. The molecule has 1 rings (SSSR count). The first-order chi connectivity index (χ1) is 4.55. The minimum absolute atomic E-state index is 0.528. The van der Waals surface area contributed by atoms with Gasteiger partial charge in [-0.05, 0) is 20.8 Å². The summed E-state index contributed by atoms with van der Waals surface area (Å²) in [5.74, 6) is 0. The number of rotatable bonds is 0. The third kappa shape index (κ3) is 0.789. The SMILES string of the molecule is CC1=C(C)N(C)C(C)N1C. The van der Waals surface area contributed by atoms with Gasteiger partial charge in [0, 0.05) is 25.5 Å². The zero-order valence-electron chi connectivity index (χ0n) is 7.47.